The quantitative estimate of drug-likeness (QED) is 0.371. The molecule has 1 aromatic carbocycles. The minimum Gasteiger partial charge on any atom is -0.490 e. The summed E-state index contributed by atoms with van der Waals surface area (Å²) in [7, 11) is 0. The van der Waals surface area contributed by atoms with Gasteiger partial charge >= 0.3 is 0 Å². The second kappa shape index (κ2) is 12.1. The van der Waals surface area contributed by atoms with E-state index in [1.807, 2.05) is 13.0 Å². The molecule has 4 rings (SSSR count). The molecule has 0 N–H and O–H groups in total. The van der Waals surface area contributed by atoms with Crippen LogP contribution in [-0.2, 0) is 0 Å². The highest BCUT2D eigenvalue weighted by Gasteiger charge is 2.38. The first-order valence-electron chi connectivity index (χ1n) is 13.7. The molecule has 0 amide bonds. The van der Waals surface area contributed by atoms with Gasteiger partial charge in [-0.1, -0.05) is 42.9 Å². The Bertz CT molecular complexity index is 721. The molecule has 4 atom stereocenters. The van der Waals surface area contributed by atoms with Crippen LogP contribution in [0.1, 0.15) is 102 Å². The second-order valence-electron chi connectivity index (χ2n) is 11.0. The van der Waals surface area contributed by atoms with Crippen molar-refractivity contribution in [1.29, 1.82) is 0 Å². The van der Waals surface area contributed by atoms with Crippen molar-refractivity contribution in [2.75, 3.05) is 6.61 Å². The lowest BCUT2D eigenvalue weighted by Crippen LogP contribution is -2.34. The number of ether oxygens (including phenoxy) is 1. The summed E-state index contributed by atoms with van der Waals surface area (Å²) in [5.74, 6) is 6.91. The second-order valence-corrected chi connectivity index (χ2v) is 11.0. The highest BCUT2D eigenvalue weighted by atomic mass is 16.5. The summed E-state index contributed by atoms with van der Waals surface area (Å²) < 4.78 is 5.77. The Hall–Kier alpha value is -1.50. The van der Waals surface area contributed by atoms with E-state index in [-0.39, 0.29) is 0 Å². The lowest BCUT2D eigenvalue weighted by atomic mass is 9.60. The molecule has 0 bridgehead atoms. The molecule has 0 saturated heterocycles. The molecule has 0 radical (unpaired) electrons. The topological polar surface area (TPSA) is 9.23 Å². The first-order valence-corrected chi connectivity index (χ1v) is 13.7. The van der Waals surface area contributed by atoms with Crippen LogP contribution in [0.25, 0.3) is 0 Å². The van der Waals surface area contributed by atoms with E-state index in [1.54, 1.807) is 6.42 Å². The lowest BCUT2D eigenvalue weighted by molar-refractivity contribution is 0.0621. The predicted octanol–water partition coefficient (Wildman–Crippen LogP) is 9.10. The fourth-order valence-corrected chi connectivity index (χ4v) is 7.21. The van der Waals surface area contributed by atoms with Gasteiger partial charge in [-0.2, -0.15) is 0 Å². The minimum absolute atomic E-state index is 0.668. The van der Waals surface area contributed by atoms with Gasteiger partial charge in [-0.25, -0.2) is 0 Å². The molecule has 4 unspecified atom stereocenters. The van der Waals surface area contributed by atoms with Crippen molar-refractivity contribution in [2.24, 2.45) is 29.6 Å². The predicted molar refractivity (Wildman–Crippen MR) is 137 cm³/mol. The fourth-order valence-electron chi connectivity index (χ4n) is 7.21. The molecule has 0 aromatic heterocycles. The number of rotatable bonds is 8. The Kier molecular flexibility index (Phi) is 8.94. The highest BCUT2D eigenvalue weighted by Crippen LogP contribution is 2.50. The Morgan fingerprint density at radius 1 is 0.719 bits per heavy atom. The molecule has 3 saturated carbocycles. The summed E-state index contributed by atoms with van der Waals surface area (Å²) in [5, 5.41) is 0. The van der Waals surface area contributed by atoms with E-state index >= 15 is 0 Å². The zero-order valence-electron chi connectivity index (χ0n) is 20.7. The summed E-state index contributed by atoms with van der Waals surface area (Å²) in [4.78, 5) is 0. The molecule has 1 aromatic rings. The van der Waals surface area contributed by atoms with Gasteiger partial charge in [0.2, 0.25) is 0 Å². The van der Waals surface area contributed by atoms with E-state index in [9.17, 15) is 0 Å². The van der Waals surface area contributed by atoms with Crippen LogP contribution in [-0.4, -0.2) is 6.61 Å². The largest absolute Gasteiger partial charge is 0.490 e. The van der Waals surface area contributed by atoms with Crippen LogP contribution in [0.2, 0.25) is 0 Å². The van der Waals surface area contributed by atoms with E-state index in [2.05, 4.69) is 49.4 Å². The van der Waals surface area contributed by atoms with E-state index in [0.717, 1.165) is 41.3 Å². The van der Waals surface area contributed by atoms with Crippen LogP contribution in [0.4, 0.5) is 0 Å². The van der Waals surface area contributed by atoms with Crippen molar-refractivity contribution in [3.8, 4) is 5.75 Å². The fraction of sp³-hybridized carbons (Fsp3) is 0.677. The normalized spacial score (nSPS) is 33.4. The van der Waals surface area contributed by atoms with Crippen molar-refractivity contribution in [1.82, 2.24) is 0 Å². The Morgan fingerprint density at radius 3 is 2.06 bits per heavy atom. The lowest BCUT2D eigenvalue weighted by Gasteiger charge is -2.45. The van der Waals surface area contributed by atoms with E-state index in [1.165, 1.54) is 76.2 Å². The zero-order chi connectivity index (χ0) is 22.2. The Labute approximate surface area is 197 Å². The molecular formula is C31H46O. The van der Waals surface area contributed by atoms with Gasteiger partial charge in [0, 0.05) is 0 Å². The van der Waals surface area contributed by atoms with Gasteiger partial charge in [-0.15, -0.1) is 0 Å². The maximum Gasteiger partial charge on any atom is 0.119 e. The molecule has 3 aliphatic carbocycles. The SMILES string of the molecule is C/C=C/CCC1CCC2CC(C3CCC(c4ccc(OC/C=C/C)cc4)CC3)CCC2C1. The van der Waals surface area contributed by atoms with E-state index < -0.39 is 0 Å². The van der Waals surface area contributed by atoms with Gasteiger partial charge in [0.1, 0.15) is 12.4 Å². The van der Waals surface area contributed by atoms with Gasteiger partial charge in [0.25, 0.3) is 0 Å². The third-order valence-electron chi connectivity index (χ3n) is 9.11. The third-order valence-corrected chi connectivity index (χ3v) is 9.11. The first kappa shape index (κ1) is 23.7. The van der Waals surface area contributed by atoms with Crippen molar-refractivity contribution in [3.63, 3.8) is 0 Å². The summed E-state index contributed by atoms with van der Waals surface area (Å²) in [6.07, 6.45) is 26.3. The molecular weight excluding hydrogens is 388 g/mol. The molecule has 0 aliphatic heterocycles. The van der Waals surface area contributed by atoms with E-state index in [0.29, 0.717) is 6.61 Å². The van der Waals surface area contributed by atoms with Gasteiger partial charge in [0.15, 0.2) is 0 Å². The van der Waals surface area contributed by atoms with Gasteiger partial charge < -0.3 is 4.74 Å². The first-order chi connectivity index (χ1) is 15.8. The van der Waals surface area contributed by atoms with Gasteiger partial charge in [-0.05, 0) is 138 Å². The Balaban J connectivity index is 1.21. The van der Waals surface area contributed by atoms with Crippen molar-refractivity contribution >= 4 is 0 Å². The van der Waals surface area contributed by atoms with Crippen LogP contribution in [0.15, 0.2) is 48.6 Å². The van der Waals surface area contributed by atoms with E-state index in [4.69, 9.17) is 4.74 Å². The summed E-state index contributed by atoms with van der Waals surface area (Å²) >= 11 is 0. The molecule has 32 heavy (non-hydrogen) atoms. The maximum absolute atomic E-state index is 5.77. The summed E-state index contributed by atoms with van der Waals surface area (Å²) in [6, 6.07) is 8.97. The number of hydrogen-bond acceptors (Lipinski definition) is 1. The van der Waals surface area contributed by atoms with Crippen molar-refractivity contribution in [2.45, 2.75) is 96.8 Å². The number of allylic oxidation sites excluding steroid dienone is 3. The standard InChI is InChI=1S/C31H46O/c1-3-5-7-8-24-9-10-30-23-29(16-15-28(30)22-24)27-13-11-25(12-14-27)26-17-19-31(20-18-26)32-21-6-4-2/h3-6,17-20,24-25,27-30H,7-16,21-23H2,1-2H3/b5-3+,6-4+. The highest BCUT2D eigenvalue weighted by molar-refractivity contribution is 5.30. The number of hydrogen-bond donors (Lipinski definition) is 0. The summed E-state index contributed by atoms with van der Waals surface area (Å²) in [6.45, 7) is 4.86. The van der Waals surface area contributed by atoms with Crippen LogP contribution in [0.3, 0.4) is 0 Å². The average molecular weight is 435 g/mol. The van der Waals surface area contributed by atoms with Crippen molar-refractivity contribution < 1.29 is 4.74 Å². The van der Waals surface area contributed by atoms with Crippen LogP contribution in [0.5, 0.6) is 5.75 Å². The molecule has 3 aliphatic rings. The van der Waals surface area contributed by atoms with Gasteiger partial charge in [0.05, 0.1) is 0 Å². The molecule has 0 heterocycles. The van der Waals surface area contributed by atoms with Crippen LogP contribution >= 0.6 is 0 Å². The van der Waals surface area contributed by atoms with Crippen molar-refractivity contribution in [3.05, 3.63) is 54.1 Å². The van der Waals surface area contributed by atoms with Crippen LogP contribution < -0.4 is 4.74 Å². The van der Waals surface area contributed by atoms with Crippen LogP contribution in [0, 0.1) is 29.6 Å². The third kappa shape index (κ3) is 6.30. The minimum atomic E-state index is 0.668. The smallest absolute Gasteiger partial charge is 0.119 e. The maximum atomic E-state index is 5.77. The molecule has 176 valence electrons. The molecule has 1 nitrogen and oxygen atoms in total. The molecule has 0 spiro atoms. The monoisotopic (exact) mass is 434 g/mol. The average Bonchev–Trinajstić information content (AvgIpc) is 2.85. The molecule has 1 heteroatoms. The number of benzene rings is 1. The Morgan fingerprint density at radius 2 is 1.34 bits per heavy atom. The zero-order valence-corrected chi connectivity index (χ0v) is 20.7. The molecule has 3 fully saturated rings. The number of fused-ring (bicyclic) bond motifs is 1. The summed E-state index contributed by atoms with van der Waals surface area (Å²) in [5.41, 5.74) is 1.53. The van der Waals surface area contributed by atoms with Gasteiger partial charge in [-0.3, -0.25) is 0 Å².